The summed E-state index contributed by atoms with van der Waals surface area (Å²) in [6.07, 6.45) is 0. The van der Waals surface area contributed by atoms with E-state index in [4.69, 9.17) is 0 Å². The van der Waals surface area contributed by atoms with E-state index in [0.717, 1.165) is 4.35 Å². The van der Waals surface area contributed by atoms with Crippen LogP contribution in [0.1, 0.15) is 0 Å². The molecule has 0 heterocycles. The van der Waals surface area contributed by atoms with Gasteiger partial charge in [-0.15, -0.1) is 0 Å². The molecule has 28 heavy (non-hydrogen) atoms. The van der Waals surface area contributed by atoms with Gasteiger partial charge in [0.1, 0.15) is 0 Å². The Labute approximate surface area is 172 Å². The second-order valence-corrected chi connectivity index (χ2v) is 22.6. The Balaban J connectivity index is 2.24. The number of phenolic OH excluding ortho intramolecular Hbond substituents is 2. The first kappa shape index (κ1) is 18.9. The van der Waals surface area contributed by atoms with Crippen LogP contribution in [0.2, 0.25) is 0 Å². The van der Waals surface area contributed by atoms with E-state index in [1.807, 2.05) is 60.7 Å². The summed E-state index contributed by atoms with van der Waals surface area (Å²) in [5.41, 5.74) is 0. The maximum atomic E-state index is 10.4. The first-order chi connectivity index (χ1) is 13.6. The number of rotatable bonds is 4. The summed E-state index contributed by atoms with van der Waals surface area (Å²) >= 11 is 4.37. The van der Waals surface area contributed by atoms with Crippen LogP contribution in [0, 0.1) is 0 Å². The van der Waals surface area contributed by atoms with Gasteiger partial charge in [-0.05, 0) is 0 Å². The van der Waals surface area contributed by atoms with Gasteiger partial charge < -0.3 is 0 Å². The summed E-state index contributed by atoms with van der Waals surface area (Å²) in [6.45, 7) is 0. The predicted molar refractivity (Wildman–Crippen MR) is 122 cm³/mol. The van der Waals surface area contributed by atoms with Gasteiger partial charge in [0.05, 0.1) is 0 Å². The molecule has 0 atom stereocenters. The van der Waals surface area contributed by atoms with E-state index in [-0.39, 0.29) is 11.5 Å². The van der Waals surface area contributed by atoms with Crippen molar-refractivity contribution >= 4 is 41.9 Å². The molecule has 4 aromatic rings. The van der Waals surface area contributed by atoms with Gasteiger partial charge in [-0.25, -0.2) is 0 Å². The molecular weight excluding hydrogens is 475 g/mol. The quantitative estimate of drug-likeness (QED) is 0.337. The normalized spacial score (nSPS) is 12.8. The van der Waals surface area contributed by atoms with Crippen molar-refractivity contribution in [2.75, 3.05) is 0 Å². The zero-order valence-electron chi connectivity index (χ0n) is 15.1. The molecule has 4 aromatic carbocycles. The van der Waals surface area contributed by atoms with Crippen molar-refractivity contribution < 1.29 is 10.2 Å². The zero-order valence-corrected chi connectivity index (χ0v) is 18.6. The third-order valence-corrected chi connectivity index (χ3v) is 24.3. The van der Waals surface area contributed by atoms with Crippen LogP contribution in [0.25, 0.3) is 0 Å². The summed E-state index contributed by atoms with van der Waals surface area (Å²) in [6, 6.07) is 36.3. The Bertz CT molecular complexity index is 1000. The van der Waals surface area contributed by atoms with Crippen molar-refractivity contribution in [3.05, 3.63) is 109 Å². The molecule has 0 fully saturated rings. The Kier molecular flexibility index (Phi) is 4.82. The fraction of sp³-hybridized carbons (Fsp3) is 0. The zero-order chi connectivity index (χ0) is 19.6. The molecule has 2 nitrogen and oxygen atoms in total. The molecule has 0 saturated carbocycles. The average Bonchev–Trinajstić information content (AvgIpc) is 2.77. The van der Waals surface area contributed by atoms with E-state index in [9.17, 15) is 10.2 Å². The molecule has 0 spiro atoms. The molecule has 4 heteroatoms. The van der Waals surface area contributed by atoms with Crippen LogP contribution < -0.4 is 17.4 Å². The Morgan fingerprint density at radius 1 is 0.464 bits per heavy atom. The number of aromatic hydroxyl groups is 2. The molecule has 0 unspecified atom stereocenters. The van der Waals surface area contributed by atoms with Crippen LogP contribution in [0.5, 0.6) is 11.5 Å². The van der Waals surface area contributed by atoms with E-state index in [1.54, 1.807) is 12.1 Å². The summed E-state index contributed by atoms with van der Waals surface area (Å²) in [4.78, 5) is 0. The number of hydrogen-bond acceptors (Lipinski definition) is 2. The molecule has 0 aliphatic carbocycles. The molecular formula is C24H20AsBrO2. The fourth-order valence-corrected chi connectivity index (χ4v) is 18.5. The SMILES string of the molecule is Oc1ccc([As](Br)(c2ccccc2)(c2ccccc2)c2ccccc2)cc1O. The number of hydrogen-bond donors (Lipinski definition) is 2. The van der Waals surface area contributed by atoms with Crippen molar-refractivity contribution in [2.24, 2.45) is 0 Å². The summed E-state index contributed by atoms with van der Waals surface area (Å²) in [5.74, 6) is -0.240. The number of phenols is 2. The molecule has 0 saturated heterocycles. The molecule has 4 rings (SSSR count). The van der Waals surface area contributed by atoms with E-state index in [1.165, 1.54) is 13.1 Å². The van der Waals surface area contributed by atoms with Crippen molar-refractivity contribution in [2.45, 2.75) is 0 Å². The standard InChI is InChI=1S/C24H20AsBrO2/c26-25(19-10-4-1-5-11-19,20-12-6-2-7-13-20,21-14-8-3-9-15-21)22-16-17-23(27)24(28)18-22/h1-18,27-28H. The minimum atomic E-state index is -4.08. The van der Waals surface area contributed by atoms with Gasteiger partial charge in [-0.3, -0.25) is 0 Å². The molecule has 2 N–H and O–H groups in total. The van der Waals surface area contributed by atoms with Crippen LogP contribution in [-0.4, -0.2) is 20.8 Å². The molecule has 0 bridgehead atoms. The number of halogens is 1. The average molecular weight is 495 g/mol. The first-order valence-electron chi connectivity index (χ1n) is 8.98. The second kappa shape index (κ2) is 7.16. The van der Waals surface area contributed by atoms with Crippen molar-refractivity contribution in [1.29, 1.82) is 0 Å². The van der Waals surface area contributed by atoms with Crippen molar-refractivity contribution in [3.8, 4) is 11.5 Å². The van der Waals surface area contributed by atoms with Gasteiger partial charge >= 0.3 is 173 Å². The first-order valence-corrected chi connectivity index (χ1v) is 17.1. The fourth-order valence-electron chi connectivity index (χ4n) is 3.79. The monoisotopic (exact) mass is 494 g/mol. The second-order valence-electron chi connectivity index (χ2n) is 6.69. The molecule has 0 aliphatic heterocycles. The third kappa shape index (κ3) is 2.70. The van der Waals surface area contributed by atoms with E-state index < -0.39 is 10.6 Å². The molecule has 0 radical (unpaired) electrons. The van der Waals surface area contributed by atoms with Gasteiger partial charge in [0.2, 0.25) is 0 Å². The van der Waals surface area contributed by atoms with Gasteiger partial charge in [-0.1, -0.05) is 0 Å². The molecule has 0 amide bonds. The Morgan fingerprint density at radius 2 is 0.857 bits per heavy atom. The third-order valence-electron chi connectivity index (χ3n) is 5.17. The van der Waals surface area contributed by atoms with Crippen LogP contribution in [0.15, 0.2) is 109 Å². The molecule has 0 aromatic heterocycles. The van der Waals surface area contributed by atoms with E-state index in [0.29, 0.717) is 0 Å². The van der Waals surface area contributed by atoms with E-state index >= 15 is 0 Å². The van der Waals surface area contributed by atoms with Crippen molar-refractivity contribution in [3.63, 3.8) is 0 Å². The Hall–Kier alpha value is -2.48. The summed E-state index contributed by atoms with van der Waals surface area (Å²) < 4.78 is 4.48. The van der Waals surface area contributed by atoms with Crippen LogP contribution in [-0.2, 0) is 0 Å². The van der Waals surface area contributed by atoms with E-state index in [2.05, 4.69) is 50.3 Å². The van der Waals surface area contributed by atoms with Gasteiger partial charge in [0.25, 0.3) is 0 Å². The Morgan fingerprint density at radius 3 is 1.21 bits per heavy atom. The van der Waals surface area contributed by atoms with Crippen LogP contribution in [0.4, 0.5) is 0 Å². The summed E-state index contributed by atoms with van der Waals surface area (Å²) in [7, 11) is -4.08. The molecule has 0 aliphatic rings. The molecule has 140 valence electrons. The van der Waals surface area contributed by atoms with Gasteiger partial charge in [0.15, 0.2) is 0 Å². The summed E-state index contributed by atoms with van der Waals surface area (Å²) in [5, 5.41) is 20.3. The predicted octanol–water partition coefficient (Wildman–Crippen LogP) is 3.32. The van der Waals surface area contributed by atoms with Gasteiger partial charge in [0, 0.05) is 0 Å². The van der Waals surface area contributed by atoms with Crippen molar-refractivity contribution in [1.82, 2.24) is 0 Å². The van der Waals surface area contributed by atoms with Gasteiger partial charge in [-0.2, -0.15) is 0 Å². The topological polar surface area (TPSA) is 40.5 Å². The number of benzene rings is 4. The van der Waals surface area contributed by atoms with Crippen LogP contribution >= 0.6 is 13.9 Å². The van der Waals surface area contributed by atoms with Crippen LogP contribution in [0.3, 0.4) is 0 Å². The maximum absolute atomic E-state index is 10.4. The minimum absolute atomic E-state index is 0.119.